The molecule has 0 fully saturated rings. The molecule has 0 aliphatic rings. The van der Waals surface area contributed by atoms with Crippen molar-refractivity contribution in [3.8, 4) is 34.5 Å². The van der Waals surface area contributed by atoms with Crippen LogP contribution in [0.4, 0.5) is 0 Å². The fourth-order valence-corrected chi connectivity index (χ4v) is 4.98. The highest BCUT2D eigenvalue weighted by molar-refractivity contribution is 7.86. The first-order chi connectivity index (χ1) is 18.8. The molecule has 11 heteroatoms. The Morgan fingerprint density at radius 2 is 0.825 bits per heavy atom. The fourth-order valence-electron chi connectivity index (χ4n) is 3.79. The smallest absolute Gasteiger partial charge is 0.497 e. The molecule has 0 N–H and O–H groups in total. The van der Waals surface area contributed by atoms with Crippen molar-refractivity contribution in [1.29, 1.82) is 0 Å². The number of benzene rings is 4. The van der Waals surface area contributed by atoms with Gasteiger partial charge in [-0.2, -0.15) is 8.42 Å². The van der Waals surface area contributed by atoms with Gasteiger partial charge in [-0.05, 0) is 83.9 Å². The van der Waals surface area contributed by atoms with Crippen molar-refractivity contribution in [2.45, 2.75) is 19.3 Å². The van der Waals surface area contributed by atoms with Gasteiger partial charge in [-0.1, -0.05) is 38.1 Å². The zero-order valence-electron chi connectivity index (χ0n) is 22.2. The van der Waals surface area contributed by atoms with Gasteiger partial charge in [-0.25, -0.2) is 0 Å². The third kappa shape index (κ3) is 7.67. The Labute approximate surface area is 234 Å². The van der Waals surface area contributed by atoms with E-state index >= 15 is 0 Å². The number of hydrogen-bond acceptors (Lipinski definition) is 9. The summed E-state index contributed by atoms with van der Waals surface area (Å²) in [6.07, 6.45) is 0.982. The molecule has 4 aromatic rings. The fraction of sp³-hybridized carbons (Fsp3) is 0.172. The molecule has 0 aliphatic carbocycles. The standard InChI is InChI=1S/C29H28O9S2/c1-29(2,21-5-9-26(10-6-21)36-39(4,30)31)22-7-11-27(12-8-22)37-40(32,33)38-28-19-17-25(18-20-28)35-24-15-13-23(34-3)14-16-24/h5-20H,1-4H3. The van der Waals surface area contributed by atoms with Crippen molar-refractivity contribution < 1.29 is 38.9 Å². The predicted octanol–water partition coefficient (Wildman–Crippen LogP) is 5.85. The van der Waals surface area contributed by atoms with E-state index in [9.17, 15) is 16.8 Å². The Morgan fingerprint density at radius 1 is 0.500 bits per heavy atom. The summed E-state index contributed by atoms with van der Waals surface area (Å²) >= 11 is 0. The van der Waals surface area contributed by atoms with Crippen molar-refractivity contribution in [2.75, 3.05) is 13.4 Å². The summed E-state index contributed by atoms with van der Waals surface area (Å²) in [6.45, 7) is 3.97. The van der Waals surface area contributed by atoms with Gasteiger partial charge in [-0.15, -0.1) is 8.42 Å². The average Bonchev–Trinajstić information content (AvgIpc) is 2.89. The number of hydrogen-bond donors (Lipinski definition) is 0. The normalized spacial score (nSPS) is 11.9. The summed E-state index contributed by atoms with van der Waals surface area (Å²) in [6, 6.07) is 26.4. The molecule has 0 heterocycles. The van der Waals surface area contributed by atoms with Crippen LogP contribution in [0.25, 0.3) is 0 Å². The Balaban J connectivity index is 1.38. The highest BCUT2D eigenvalue weighted by atomic mass is 32.3. The zero-order chi connectivity index (χ0) is 29.0. The molecule has 40 heavy (non-hydrogen) atoms. The molecule has 0 aromatic heterocycles. The van der Waals surface area contributed by atoms with Crippen molar-refractivity contribution in [3.05, 3.63) is 108 Å². The van der Waals surface area contributed by atoms with Gasteiger partial charge >= 0.3 is 20.5 Å². The van der Waals surface area contributed by atoms with Gasteiger partial charge in [0.25, 0.3) is 0 Å². The van der Waals surface area contributed by atoms with Gasteiger partial charge in [0, 0.05) is 5.41 Å². The van der Waals surface area contributed by atoms with Crippen molar-refractivity contribution in [3.63, 3.8) is 0 Å². The third-order valence-corrected chi connectivity index (χ3v) is 7.20. The Kier molecular flexibility index (Phi) is 8.26. The molecular formula is C29H28O9S2. The molecule has 0 saturated heterocycles. The van der Waals surface area contributed by atoms with Crippen LogP contribution in [0.3, 0.4) is 0 Å². The molecule has 210 valence electrons. The van der Waals surface area contributed by atoms with E-state index in [1.807, 2.05) is 13.8 Å². The van der Waals surface area contributed by atoms with E-state index in [0.717, 1.165) is 17.4 Å². The first-order valence-electron chi connectivity index (χ1n) is 12.0. The summed E-state index contributed by atoms with van der Waals surface area (Å²) < 4.78 is 73.6. The van der Waals surface area contributed by atoms with E-state index < -0.39 is 25.9 Å². The summed E-state index contributed by atoms with van der Waals surface area (Å²) in [5.41, 5.74) is 1.30. The van der Waals surface area contributed by atoms with Crippen LogP contribution in [-0.2, 0) is 25.9 Å². The van der Waals surface area contributed by atoms with Gasteiger partial charge in [0.1, 0.15) is 34.5 Å². The van der Waals surface area contributed by atoms with E-state index in [1.54, 1.807) is 79.9 Å². The maximum Gasteiger partial charge on any atom is 0.500 e. The van der Waals surface area contributed by atoms with E-state index in [-0.39, 0.29) is 17.2 Å². The largest absolute Gasteiger partial charge is 0.500 e. The molecule has 4 aromatic carbocycles. The van der Waals surface area contributed by atoms with E-state index in [4.69, 9.17) is 22.0 Å². The second-order valence-electron chi connectivity index (χ2n) is 9.29. The SMILES string of the molecule is COc1ccc(Oc2ccc(OS(=O)(=O)Oc3ccc(C(C)(C)c4ccc(OS(C)(=O)=O)cc4)cc3)cc2)cc1. The summed E-state index contributed by atoms with van der Waals surface area (Å²) in [4.78, 5) is 0. The Hall–Kier alpha value is -4.22. The lowest BCUT2D eigenvalue weighted by Crippen LogP contribution is -2.19. The van der Waals surface area contributed by atoms with Crippen LogP contribution >= 0.6 is 0 Å². The zero-order valence-corrected chi connectivity index (χ0v) is 23.9. The van der Waals surface area contributed by atoms with Crippen molar-refractivity contribution in [2.24, 2.45) is 0 Å². The lowest BCUT2D eigenvalue weighted by molar-refractivity contribution is 0.392. The first-order valence-corrected chi connectivity index (χ1v) is 15.1. The van der Waals surface area contributed by atoms with Crippen molar-refractivity contribution in [1.82, 2.24) is 0 Å². The third-order valence-electron chi connectivity index (χ3n) is 5.92. The molecular weight excluding hydrogens is 556 g/mol. The van der Waals surface area contributed by atoms with E-state index in [0.29, 0.717) is 17.2 Å². The van der Waals surface area contributed by atoms with Crippen LogP contribution in [-0.4, -0.2) is 30.2 Å². The van der Waals surface area contributed by atoms with Crippen LogP contribution in [0.2, 0.25) is 0 Å². The van der Waals surface area contributed by atoms with E-state index in [1.165, 1.54) is 24.3 Å². The van der Waals surface area contributed by atoms with Gasteiger partial charge < -0.3 is 22.0 Å². The molecule has 0 radical (unpaired) electrons. The number of ether oxygens (including phenoxy) is 2. The number of rotatable bonds is 11. The van der Waals surface area contributed by atoms with E-state index in [2.05, 4.69) is 0 Å². The maximum atomic E-state index is 12.5. The highest BCUT2D eigenvalue weighted by Crippen LogP contribution is 2.34. The minimum Gasteiger partial charge on any atom is -0.497 e. The van der Waals surface area contributed by atoms with Crippen LogP contribution in [0.5, 0.6) is 34.5 Å². The quantitative estimate of drug-likeness (QED) is 0.200. The molecule has 0 aliphatic heterocycles. The van der Waals surface area contributed by atoms with Crippen LogP contribution in [0, 0.1) is 0 Å². The Morgan fingerprint density at radius 3 is 1.20 bits per heavy atom. The lowest BCUT2D eigenvalue weighted by atomic mass is 9.78. The average molecular weight is 585 g/mol. The Bertz CT molecular complexity index is 1640. The number of methoxy groups -OCH3 is 1. The molecule has 0 saturated carbocycles. The van der Waals surface area contributed by atoms with Crippen molar-refractivity contribution >= 4 is 20.5 Å². The monoisotopic (exact) mass is 584 g/mol. The molecule has 9 nitrogen and oxygen atoms in total. The van der Waals surface area contributed by atoms with Crippen LogP contribution in [0.1, 0.15) is 25.0 Å². The first kappa shape index (κ1) is 28.8. The minimum atomic E-state index is -4.41. The van der Waals surface area contributed by atoms with Gasteiger partial charge in [0.15, 0.2) is 0 Å². The van der Waals surface area contributed by atoms with Gasteiger partial charge in [-0.3, -0.25) is 0 Å². The lowest BCUT2D eigenvalue weighted by Gasteiger charge is -2.26. The molecule has 0 spiro atoms. The molecule has 0 bridgehead atoms. The van der Waals surface area contributed by atoms with Crippen LogP contribution < -0.4 is 22.0 Å². The van der Waals surface area contributed by atoms with Crippen LogP contribution in [0.15, 0.2) is 97.1 Å². The molecule has 0 atom stereocenters. The van der Waals surface area contributed by atoms with Gasteiger partial charge in [0.05, 0.1) is 13.4 Å². The highest BCUT2D eigenvalue weighted by Gasteiger charge is 2.24. The molecule has 0 amide bonds. The topological polar surface area (TPSA) is 114 Å². The second kappa shape index (κ2) is 11.5. The maximum absolute atomic E-state index is 12.5. The summed E-state index contributed by atoms with van der Waals surface area (Å²) in [7, 11) is -6.44. The second-order valence-corrected chi connectivity index (χ2v) is 12.0. The molecule has 0 unspecified atom stereocenters. The summed E-state index contributed by atoms with van der Waals surface area (Å²) in [5.74, 6) is 2.14. The predicted molar refractivity (Wildman–Crippen MR) is 150 cm³/mol. The minimum absolute atomic E-state index is 0.0585. The van der Waals surface area contributed by atoms with Gasteiger partial charge in [0.2, 0.25) is 0 Å². The summed E-state index contributed by atoms with van der Waals surface area (Å²) in [5, 5.41) is 0. The molecule has 4 rings (SSSR count).